The number of carbonyl (C=O) groups excluding carboxylic acids is 1. The number of pyridine rings is 1. The Morgan fingerprint density at radius 1 is 1.11 bits per heavy atom. The number of aryl methyl sites for hydroxylation is 3. The molecule has 0 aliphatic carbocycles. The summed E-state index contributed by atoms with van der Waals surface area (Å²) in [5, 5.41) is 2.31. The van der Waals surface area contributed by atoms with Crippen LogP contribution >= 0.6 is 0 Å². The summed E-state index contributed by atoms with van der Waals surface area (Å²) in [6.07, 6.45) is 3.94. The maximum Gasteiger partial charge on any atom is 0.258 e. The van der Waals surface area contributed by atoms with Crippen LogP contribution in [0.4, 0.5) is 18.9 Å². The van der Waals surface area contributed by atoms with Gasteiger partial charge < -0.3 is 9.88 Å². The van der Waals surface area contributed by atoms with E-state index in [-0.39, 0.29) is 5.56 Å². The molecule has 1 aliphatic heterocycles. The predicted molar refractivity (Wildman–Crippen MR) is 94.1 cm³/mol. The number of hydrogen-bond donors (Lipinski definition) is 1. The Hall–Kier alpha value is -2.90. The molecule has 2 aromatic heterocycles. The first-order valence-corrected chi connectivity index (χ1v) is 8.77. The Morgan fingerprint density at radius 2 is 1.93 bits per heavy atom. The van der Waals surface area contributed by atoms with Gasteiger partial charge in [-0.25, -0.2) is 23.1 Å². The number of halogens is 3. The van der Waals surface area contributed by atoms with E-state index in [0.717, 1.165) is 50.2 Å². The van der Waals surface area contributed by atoms with Crippen LogP contribution in [0.3, 0.4) is 0 Å². The van der Waals surface area contributed by atoms with E-state index < -0.39 is 29.0 Å². The number of aromatic nitrogens is 3. The third-order valence-corrected chi connectivity index (χ3v) is 4.72. The molecule has 27 heavy (non-hydrogen) atoms. The highest BCUT2D eigenvalue weighted by molar-refractivity contribution is 6.11. The zero-order valence-electron chi connectivity index (χ0n) is 14.7. The number of nitrogens with one attached hydrogen (secondary N) is 1. The summed E-state index contributed by atoms with van der Waals surface area (Å²) >= 11 is 0. The molecule has 1 aromatic carbocycles. The molecule has 0 spiro atoms. The highest BCUT2D eigenvalue weighted by Crippen LogP contribution is 2.26. The average molecular weight is 374 g/mol. The van der Waals surface area contributed by atoms with Crippen molar-refractivity contribution in [3.8, 4) is 0 Å². The van der Waals surface area contributed by atoms with Gasteiger partial charge in [0.2, 0.25) is 0 Å². The summed E-state index contributed by atoms with van der Waals surface area (Å²) < 4.78 is 42.4. The fourth-order valence-electron chi connectivity index (χ4n) is 3.40. The number of amides is 1. The molecule has 0 atom stereocenters. The molecule has 0 unspecified atom stereocenters. The second kappa shape index (κ2) is 6.68. The number of rotatable bonds is 2. The molecule has 140 valence electrons. The van der Waals surface area contributed by atoms with Gasteiger partial charge in [0.25, 0.3) is 5.91 Å². The number of anilines is 1. The van der Waals surface area contributed by atoms with Gasteiger partial charge in [0, 0.05) is 18.7 Å². The standard InChI is InChI=1S/C19H17F3N4O/c1-10-9-11(19(27)24-13-7-6-12(20)15(21)16(13)22)17-18(23-10)26-8-4-2-3-5-14(26)25-17/h6-7,9H,2-5,8H2,1H3,(H,24,27). The largest absolute Gasteiger partial charge is 0.319 e. The average Bonchev–Trinajstić information content (AvgIpc) is 2.83. The van der Waals surface area contributed by atoms with E-state index in [1.807, 2.05) is 4.57 Å². The van der Waals surface area contributed by atoms with Crippen molar-refractivity contribution in [1.29, 1.82) is 0 Å². The van der Waals surface area contributed by atoms with Crippen molar-refractivity contribution in [2.75, 3.05) is 5.32 Å². The van der Waals surface area contributed by atoms with Gasteiger partial charge in [0.15, 0.2) is 23.1 Å². The molecule has 1 amide bonds. The van der Waals surface area contributed by atoms with Crippen LogP contribution in [0.1, 0.15) is 41.1 Å². The molecule has 3 heterocycles. The molecule has 4 rings (SSSR count). The van der Waals surface area contributed by atoms with Crippen LogP contribution in [0.2, 0.25) is 0 Å². The second-order valence-corrected chi connectivity index (χ2v) is 6.65. The highest BCUT2D eigenvalue weighted by Gasteiger charge is 2.22. The van der Waals surface area contributed by atoms with Crippen LogP contribution in [0, 0.1) is 24.4 Å². The topological polar surface area (TPSA) is 59.8 Å². The third kappa shape index (κ3) is 3.05. The Kier molecular flexibility index (Phi) is 4.33. The molecule has 0 saturated carbocycles. The molecule has 0 bridgehead atoms. The van der Waals surface area contributed by atoms with Gasteiger partial charge in [0.1, 0.15) is 11.3 Å². The third-order valence-electron chi connectivity index (χ3n) is 4.72. The summed E-state index contributed by atoms with van der Waals surface area (Å²) in [6, 6.07) is 3.31. The van der Waals surface area contributed by atoms with Crippen molar-refractivity contribution >= 4 is 22.8 Å². The van der Waals surface area contributed by atoms with Crippen LogP contribution in [0.15, 0.2) is 18.2 Å². The Balaban J connectivity index is 1.77. The van der Waals surface area contributed by atoms with E-state index in [1.165, 1.54) is 0 Å². The molecule has 1 aliphatic rings. The van der Waals surface area contributed by atoms with E-state index in [0.29, 0.717) is 16.9 Å². The van der Waals surface area contributed by atoms with Gasteiger partial charge in [-0.2, -0.15) is 0 Å². The van der Waals surface area contributed by atoms with E-state index in [4.69, 9.17) is 0 Å². The van der Waals surface area contributed by atoms with E-state index in [9.17, 15) is 18.0 Å². The first kappa shape index (κ1) is 17.5. The monoisotopic (exact) mass is 374 g/mol. The fourth-order valence-corrected chi connectivity index (χ4v) is 3.40. The minimum absolute atomic E-state index is 0.224. The first-order chi connectivity index (χ1) is 13.0. The lowest BCUT2D eigenvalue weighted by molar-refractivity contribution is 0.102. The van der Waals surface area contributed by atoms with Gasteiger partial charge in [-0.1, -0.05) is 6.42 Å². The number of benzene rings is 1. The van der Waals surface area contributed by atoms with Gasteiger partial charge in [-0.05, 0) is 38.0 Å². The zero-order valence-corrected chi connectivity index (χ0v) is 14.7. The number of fused-ring (bicyclic) bond motifs is 3. The number of carbonyl (C=O) groups is 1. The van der Waals surface area contributed by atoms with Crippen LogP contribution in [-0.2, 0) is 13.0 Å². The molecule has 8 heteroatoms. The molecule has 0 fully saturated rings. The summed E-state index contributed by atoms with van der Waals surface area (Å²) in [4.78, 5) is 21.8. The predicted octanol–water partition coefficient (Wildman–Crippen LogP) is 4.14. The SMILES string of the molecule is Cc1cc(C(=O)Nc2ccc(F)c(F)c2F)c2nc3n(c2n1)CCCCC3. The Bertz CT molecular complexity index is 1060. The molecular weight excluding hydrogens is 357 g/mol. The Labute approximate surface area is 153 Å². The smallest absolute Gasteiger partial charge is 0.258 e. The van der Waals surface area contributed by atoms with Crippen molar-refractivity contribution in [1.82, 2.24) is 14.5 Å². The summed E-state index contributed by atoms with van der Waals surface area (Å²) in [6.45, 7) is 2.53. The van der Waals surface area contributed by atoms with Crippen LogP contribution in [0.5, 0.6) is 0 Å². The van der Waals surface area contributed by atoms with E-state index >= 15 is 0 Å². The molecule has 5 nitrogen and oxygen atoms in total. The summed E-state index contributed by atoms with van der Waals surface area (Å²) in [7, 11) is 0. The minimum atomic E-state index is -1.63. The van der Waals surface area contributed by atoms with Gasteiger partial charge in [0.05, 0.1) is 11.3 Å². The lowest BCUT2D eigenvalue weighted by atomic mass is 10.1. The lowest BCUT2D eigenvalue weighted by Crippen LogP contribution is -2.15. The summed E-state index contributed by atoms with van der Waals surface area (Å²) in [5.74, 6) is -4.16. The molecular formula is C19H17F3N4O. The molecule has 1 N–H and O–H groups in total. The van der Waals surface area contributed by atoms with Crippen LogP contribution in [0.25, 0.3) is 11.2 Å². The first-order valence-electron chi connectivity index (χ1n) is 8.77. The second-order valence-electron chi connectivity index (χ2n) is 6.65. The molecule has 3 aromatic rings. The molecule has 0 radical (unpaired) electrons. The zero-order chi connectivity index (χ0) is 19.1. The molecule has 0 saturated heterocycles. The van der Waals surface area contributed by atoms with Crippen molar-refractivity contribution in [3.05, 3.63) is 52.7 Å². The maximum absolute atomic E-state index is 13.9. The Morgan fingerprint density at radius 3 is 2.74 bits per heavy atom. The van der Waals surface area contributed by atoms with E-state index in [2.05, 4.69) is 15.3 Å². The van der Waals surface area contributed by atoms with Crippen molar-refractivity contribution in [2.45, 2.75) is 39.2 Å². The summed E-state index contributed by atoms with van der Waals surface area (Å²) in [5.41, 5.74) is 1.45. The van der Waals surface area contributed by atoms with Crippen LogP contribution < -0.4 is 5.32 Å². The van der Waals surface area contributed by atoms with Gasteiger partial charge in [-0.3, -0.25) is 4.79 Å². The quantitative estimate of drug-likeness (QED) is 0.686. The van der Waals surface area contributed by atoms with Crippen molar-refractivity contribution < 1.29 is 18.0 Å². The van der Waals surface area contributed by atoms with Gasteiger partial charge >= 0.3 is 0 Å². The van der Waals surface area contributed by atoms with Gasteiger partial charge in [-0.15, -0.1) is 0 Å². The fraction of sp³-hybridized carbons (Fsp3) is 0.316. The highest BCUT2D eigenvalue weighted by atomic mass is 19.2. The number of nitrogens with zero attached hydrogens (tertiary/aromatic N) is 3. The number of hydrogen-bond acceptors (Lipinski definition) is 3. The van der Waals surface area contributed by atoms with E-state index in [1.54, 1.807) is 13.0 Å². The normalized spacial score (nSPS) is 14.1. The minimum Gasteiger partial charge on any atom is -0.319 e. The maximum atomic E-state index is 13.9. The van der Waals surface area contributed by atoms with Crippen molar-refractivity contribution in [3.63, 3.8) is 0 Å². The van der Waals surface area contributed by atoms with Crippen molar-refractivity contribution in [2.24, 2.45) is 0 Å². The lowest BCUT2D eigenvalue weighted by Gasteiger charge is -2.09. The van der Waals surface area contributed by atoms with Crippen LogP contribution in [-0.4, -0.2) is 20.4 Å². The number of imidazole rings is 1.